The van der Waals surface area contributed by atoms with Gasteiger partial charge in [-0.05, 0) is 94.3 Å². The molecule has 1 N–H and O–H groups in total. The SMILES string of the molecule is CN1CCC(Cc2cccc(CNC3(c4ccc(F)cc4)CCCC3)c2)CC1(C)C. The first-order chi connectivity index (χ1) is 14.4. The molecule has 1 saturated carbocycles. The fourth-order valence-corrected chi connectivity index (χ4v) is 5.60. The summed E-state index contributed by atoms with van der Waals surface area (Å²) in [6, 6.07) is 16.3. The molecule has 0 spiro atoms. The minimum absolute atomic E-state index is 0.0122. The predicted octanol–water partition coefficient (Wildman–Crippen LogP) is 6.05. The zero-order valence-electron chi connectivity index (χ0n) is 18.9. The zero-order valence-corrected chi connectivity index (χ0v) is 18.9. The number of hydrogen-bond donors (Lipinski definition) is 1. The average Bonchev–Trinajstić information content (AvgIpc) is 3.20. The van der Waals surface area contributed by atoms with Gasteiger partial charge in [0.05, 0.1) is 0 Å². The van der Waals surface area contributed by atoms with Crippen LogP contribution in [0.25, 0.3) is 0 Å². The van der Waals surface area contributed by atoms with Crippen molar-refractivity contribution in [3.05, 3.63) is 71.0 Å². The number of nitrogens with zero attached hydrogens (tertiary/aromatic N) is 1. The van der Waals surface area contributed by atoms with Gasteiger partial charge in [-0.15, -0.1) is 0 Å². The summed E-state index contributed by atoms with van der Waals surface area (Å²) in [7, 11) is 2.25. The number of hydrogen-bond acceptors (Lipinski definition) is 2. The van der Waals surface area contributed by atoms with Gasteiger partial charge in [-0.25, -0.2) is 4.39 Å². The first-order valence-corrected chi connectivity index (χ1v) is 11.7. The molecule has 0 amide bonds. The summed E-state index contributed by atoms with van der Waals surface area (Å²) in [5.74, 6) is 0.608. The Morgan fingerprint density at radius 3 is 2.43 bits per heavy atom. The van der Waals surface area contributed by atoms with E-state index in [2.05, 4.69) is 55.4 Å². The highest BCUT2D eigenvalue weighted by Crippen LogP contribution is 2.39. The van der Waals surface area contributed by atoms with Crippen LogP contribution in [0.15, 0.2) is 48.5 Å². The molecule has 2 aromatic carbocycles. The fraction of sp³-hybridized carbons (Fsp3) is 0.556. The second-order valence-electron chi connectivity index (χ2n) is 10.3. The highest BCUT2D eigenvalue weighted by molar-refractivity contribution is 5.28. The lowest BCUT2D eigenvalue weighted by atomic mass is 9.80. The molecule has 3 heteroatoms. The van der Waals surface area contributed by atoms with Crippen LogP contribution in [0, 0.1) is 11.7 Å². The van der Waals surface area contributed by atoms with Crippen molar-refractivity contribution in [3.8, 4) is 0 Å². The van der Waals surface area contributed by atoms with Gasteiger partial charge in [0.15, 0.2) is 0 Å². The van der Waals surface area contributed by atoms with Crippen LogP contribution in [-0.4, -0.2) is 24.0 Å². The first kappa shape index (κ1) is 21.5. The van der Waals surface area contributed by atoms with Crippen molar-refractivity contribution in [3.63, 3.8) is 0 Å². The van der Waals surface area contributed by atoms with Crippen LogP contribution in [0.1, 0.15) is 69.1 Å². The maximum atomic E-state index is 13.4. The molecule has 0 bridgehead atoms. The van der Waals surface area contributed by atoms with Gasteiger partial charge in [0.2, 0.25) is 0 Å². The Balaban J connectivity index is 1.42. The Kier molecular flexibility index (Phi) is 6.31. The molecular weight excluding hydrogens is 371 g/mol. The standard InChI is InChI=1S/C27H37FN2/c1-26(2)19-22(13-16-30(26)3)17-21-7-6-8-23(18-21)20-29-27(14-4-5-15-27)24-9-11-25(28)12-10-24/h6-12,18,22,29H,4-5,13-17,19-20H2,1-3H3. The van der Waals surface area contributed by atoms with Crippen LogP contribution in [0.2, 0.25) is 0 Å². The van der Waals surface area contributed by atoms with E-state index in [9.17, 15) is 4.39 Å². The Bertz CT molecular complexity index is 836. The zero-order chi connectivity index (χ0) is 21.2. The lowest BCUT2D eigenvalue weighted by molar-refractivity contribution is 0.0723. The summed E-state index contributed by atoms with van der Waals surface area (Å²) in [6.45, 7) is 6.80. The molecule has 2 aromatic rings. The molecule has 4 rings (SSSR count). The topological polar surface area (TPSA) is 15.3 Å². The monoisotopic (exact) mass is 408 g/mol. The molecule has 1 heterocycles. The summed E-state index contributed by atoms with van der Waals surface area (Å²) in [4.78, 5) is 2.50. The van der Waals surface area contributed by atoms with E-state index in [1.54, 1.807) is 12.1 Å². The van der Waals surface area contributed by atoms with E-state index in [4.69, 9.17) is 0 Å². The summed E-state index contributed by atoms with van der Waals surface area (Å²) >= 11 is 0. The van der Waals surface area contributed by atoms with Crippen LogP contribution in [0.3, 0.4) is 0 Å². The fourth-order valence-electron chi connectivity index (χ4n) is 5.60. The summed E-state index contributed by atoms with van der Waals surface area (Å²) in [6.07, 6.45) is 8.45. The van der Waals surface area contributed by atoms with Crippen molar-refractivity contribution in [2.24, 2.45) is 5.92 Å². The lowest BCUT2D eigenvalue weighted by Gasteiger charge is -2.43. The van der Waals surface area contributed by atoms with Crippen molar-refractivity contribution in [2.75, 3.05) is 13.6 Å². The second kappa shape index (κ2) is 8.80. The largest absolute Gasteiger partial charge is 0.303 e. The van der Waals surface area contributed by atoms with Crippen LogP contribution < -0.4 is 5.32 Å². The van der Waals surface area contributed by atoms with Gasteiger partial charge in [-0.2, -0.15) is 0 Å². The quantitative estimate of drug-likeness (QED) is 0.626. The second-order valence-corrected chi connectivity index (χ2v) is 10.3. The van der Waals surface area contributed by atoms with Crippen LogP contribution >= 0.6 is 0 Å². The number of nitrogens with one attached hydrogen (secondary N) is 1. The van der Waals surface area contributed by atoms with Gasteiger partial charge in [-0.1, -0.05) is 49.2 Å². The average molecular weight is 409 g/mol. The molecule has 2 fully saturated rings. The number of rotatable bonds is 6. The third kappa shape index (κ3) is 4.78. The molecule has 0 aromatic heterocycles. The molecule has 30 heavy (non-hydrogen) atoms. The lowest BCUT2D eigenvalue weighted by Crippen LogP contribution is -2.47. The number of piperidine rings is 1. The number of likely N-dealkylation sites (tertiary alicyclic amines) is 1. The summed E-state index contributed by atoms with van der Waals surface area (Å²) < 4.78 is 13.4. The molecule has 1 saturated heterocycles. The highest BCUT2D eigenvalue weighted by Gasteiger charge is 2.35. The van der Waals surface area contributed by atoms with Gasteiger partial charge in [-0.3, -0.25) is 0 Å². The highest BCUT2D eigenvalue weighted by atomic mass is 19.1. The molecule has 2 nitrogen and oxygen atoms in total. The Morgan fingerprint density at radius 1 is 1.03 bits per heavy atom. The van der Waals surface area contributed by atoms with Gasteiger partial charge >= 0.3 is 0 Å². The predicted molar refractivity (Wildman–Crippen MR) is 123 cm³/mol. The molecular formula is C27H37FN2. The van der Waals surface area contributed by atoms with Gasteiger partial charge in [0.1, 0.15) is 5.82 Å². The van der Waals surface area contributed by atoms with Crippen LogP contribution in [0.4, 0.5) is 4.39 Å². The maximum Gasteiger partial charge on any atom is 0.123 e. The molecule has 1 aliphatic heterocycles. The van der Waals surface area contributed by atoms with E-state index in [1.165, 1.54) is 55.3 Å². The van der Waals surface area contributed by atoms with Crippen molar-refractivity contribution in [1.82, 2.24) is 10.2 Å². The molecule has 2 aliphatic rings. The smallest absolute Gasteiger partial charge is 0.123 e. The summed E-state index contributed by atoms with van der Waals surface area (Å²) in [5, 5.41) is 3.87. The van der Waals surface area contributed by atoms with Gasteiger partial charge < -0.3 is 10.2 Å². The number of halogens is 1. The molecule has 0 radical (unpaired) electrons. The van der Waals surface area contributed by atoms with Crippen molar-refractivity contribution in [2.45, 2.75) is 76.4 Å². The van der Waals surface area contributed by atoms with Crippen LogP contribution in [-0.2, 0) is 18.5 Å². The van der Waals surface area contributed by atoms with E-state index < -0.39 is 0 Å². The molecule has 1 atom stereocenters. The van der Waals surface area contributed by atoms with Crippen molar-refractivity contribution < 1.29 is 4.39 Å². The third-order valence-electron chi connectivity index (χ3n) is 7.69. The molecule has 1 aliphatic carbocycles. The minimum Gasteiger partial charge on any atom is -0.303 e. The third-order valence-corrected chi connectivity index (χ3v) is 7.69. The van der Waals surface area contributed by atoms with E-state index in [-0.39, 0.29) is 11.4 Å². The van der Waals surface area contributed by atoms with Crippen LogP contribution in [0.5, 0.6) is 0 Å². The van der Waals surface area contributed by atoms with E-state index in [1.807, 2.05) is 12.1 Å². The molecule has 1 unspecified atom stereocenters. The first-order valence-electron chi connectivity index (χ1n) is 11.7. The Morgan fingerprint density at radius 2 is 1.73 bits per heavy atom. The minimum atomic E-state index is -0.156. The van der Waals surface area contributed by atoms with Gasteiger partial charge in [0.25, 0.3) is 0 Å². The Hall–Kier alpha value is -1.71. The summed E-state index contributed by atoms with van der Waals surface area (Å²) in [5.41, 5.74) is 4.33. The number of benzene rings is 2. The van der Waals surface area contributed by atoms with Gasteiger partial charge in [0, 0.05) is 17.6 Å². The van der Waals surface area contributed by atoms with E-state index in [0.717, 1.165) is 25.3 Å². The maximum absolute atomic E-state index is 13.4. The van der Waals surface area contributed by atoms with Crippen molar-refractivity contribution in [1.29, 1.82) is 0 Å². The van der Waals surface area contributed by atoms with Crippen molar-refractivity contribution >= 4 is 0 Å². The Labute approximate surface area is 181 Å². The van der Waals surface area contributed by atoms with E-state index >= 15 is 0 Å². The normalized spacial score (nSPS) is 23.5. The van der Waals surface area contributed by atoms with E-state index in [0.29, 0.717) is 5.54 Å². The molecule has 162 valence electrons.